The summed E-state index contributed by atoms with van der Waals surface area (Å²) in [5, 5.41) is 6.14. The minimum absolute atomic E-state index is 0.0163. The highest BCUT2D eigenvalue weighted by molar-refractivity contribution is 5.98. The van der Waals surface area contributed by atoms with E-state index in [1.54, 1.807) is 9.80 Å². The van der Waals surface area contributed by atoms with E-state index in [4.69, 9.17) is 4.74 Å². The quantitative estimate of drug-likeness (QED) is 0.220. The number of hydrogen-bond acceptors (Lipinski definition) is 6. The molecule has 3 unspecified atom stereocenters. The fraction of sp³-hybridized carbons (Fsp3) is 0.467. The summed E-state index contributed by atoms with van der Waals surface area (Å²) < 4.78 is 6.34. The van der Waals surface area contributed by atoms with Crippen molar-refractivity contribution in [3.63, 3.8) is 0 Å². The number of rotatable bonds is 12. The van der Waals surface area contributed by atoms with E-state index in [0.717, 1.165) is 60.2 Å². The maximum atomic E-state index is 13.5. The summed E-state index contributed by atoms with van der Waals surface area (Å²) in [5.41, 5.74) is 4.59. The molecule has 2 N–H and O–H groups in total. The van der Waals surface area contributed by atoms with Crippen LogP contribution >= 0.6 is 0 Å². The van der Waals surface area contributed by atoms with Gasteiger partial charge in [0, 0.05) is 50.8 Å². The number of carbonyl (C=O) groups excluding carboxylic acids is 4. The van der Waals surface area contributed by atoms with E-state index in [1.165, 1.54) is 6.42 Å². The Labute approximate surface area is 325 Å². The summed E-state index contributed by atoms with van der Waals surface area (Å²) in [6, 6.07) is 12.7. The molecule has 0 spiro atoms. The van der Waals surface area contributed by atoms with Crippen LogP contribution in [-0.4, -0.2) is 65.6 Å². The van der Waals surface area contributed by atoms with E-state index in [-0.39, 0.29) is 29.9 Å². The number of benzene rings is 2. The number of carbonyl (C=O) groups is 4. The first-order valence-electron chi connectivity index (χ1n) is 20.2. The minimum Gasteiger partial charge on any atom is -0.464 e. The maximum Gasteiger partial charge on any atom is 0.247 e. The first kappa shape index (κ1) is 38.2. The number of anilines is 2. The van der Waals surface area contributed by atoms with Crippen molar-refractivity contribution in [3.05, 3.63) is 102 Å². The van der Waals surface area contributed by atoms with Crippen LogP contribution in [0.25, 0.3) is 0 Å². The van der Waals surface area contributed by atoms with Gasteiger partial charge in [-0.05, 0) is 93.4 Å². The number of likely N-dealkylation sites (tertiary alicyclic amines) is 2. The molecular formula is C45H55N5O5. The number of nitrogens with zero attached hydrogens (tertiary/aromatic N) is 3. The fourth-order valence-electron chi connectivity index (χ4n) is 8.65. The van der Waals surface area contributed by atoms with Crippen LogP contribution in [0.2, 0.25) is 0 Å². The number of amides is 4. The smallest absolute Gasteiger partial charge is 0.247 e. The van der Waals surface area contributed by atoms with Gasteiger partial charge >= 0.3 is 0 Å². The van der Waals surface area contributed by atoms with Gasteiger partial charge in [-0.3, -0.25) is 19.2 Å². The fourth-order valence-corrected chi connectivity index (χ4v) is 8.65. The third kappa shape index (κ3) is 9.06. The zero-order valence-electron chi connectivity index (χ0n) is 32.3. The van der Waals surface area contributed by atoms with Gasteiger partial charge in [0.1, 0.15) is 17.8 Å². The van der Waals surface area contributed by atoms with Crippen LogP contribution < -0.4 is 20.3 Å². The van der Waals surface area contributed by atoms with Crippen molar-refractivity contribution in [1.82, 2.24) is 15.1 Å². The van der Waals surface area contributed by atoms with Crippen LogP contribution in [-0.2, 0) is 25.7 Å². The Kier molecular flexibility index (Phi) is 12.2. The average molecular weight is 746 g/mol. The lowest BCUT2D eigenvalue weighted by Crippen LogP contribution is -2.45. The minimum atomic E-state index is -0.483. The molecule has 290 valence electrons. The van der Waals surface area contributed by atoms with Gasteiger partial charge in [0.05, 0.1) is 5.69 Å². The summed E-state index contributed by atoms with van der Waals surface area (Å²) in [6.07, 6.45) is 23.0. The lowest BCUT2D eigenvalue weighted by atomic mass is 9.82. The van der Waals surface area contributed by atoms with E-state index in [2.05, 4.69) is 47.9 Å². The Morgan fingerprint density at radius 3 is 2.36 bits per heavy atom. The molecule has 2 fully saturated rings. The van der Waals surface area contributed by atoms with E-state index in [0.29, 0.717) is 69.3 Å². The molecule has 0 radical (unpaired) electrons. The monoisotopic (exact) mass is 745 g/mol. The second-order valence-electron chi connectivity index (χ2n) is 15.7. The largest absolute Gasteiger partial charge is 0.464 e. The molecule has 2 aliphatic carbocycles. The average Bonchev–Trinajstić information content (AvgIpc) is 3.92. The van der Waals surface area contributed by atoms with Crippen molar-refractivity contribution in [2.24, 2.45) is 11.8 Å². The molecular weight excluding hydrogens is 691 g/mol. The van der Waals surface area contributed by atoms with Gasteiger partial charge in [-0.2, -0.15) is 0 Å². The first-order chi connectivity index (χ1) is 26.7. The molecule has 10 nitrogen and oxygen atoms in total. The third-order valence-electron chi connectivity index (χ3n) is 12.0. The molecule has 3 heterocycles. The molecule has 7 rings (SSSR count). The van der Waals surface area contributed by atoms with Gasteiger partial charge in [0.25, 0.3) is 0 Å². The second kappa shape index (κ2) is 17.6. The molecule has 2 saturated heterocycles. The summed E-state index contributed by atoms with van der Waals surface area (Å²) in [5.74, 6) is 1.60. The van der Waals surface area contributed by atoms with Crippen molar-refractivity contribution in [2.75, 3.05) is 30.4 Å². The summed E-state index contributed by atoms with van der Waals surface area (Å²) in [4.78, 5) is 58.6. The molecule has 5 atom stereocenters. The van der Waals surface area contributed by atoms with Gasteiger partial charge in [-0.15, -0.1) is 0 Å². The summed E-state index contributed by atoms with van der Waals surface area (Å²) in [6.45, 7) is 3.88. The molecule has 2 aromatic carbocycles. The number of allylic oxidation sites excluding steroid dienone is 8. The molecule has 10 heteroatoms. The zero-order valence-corrected chi connectivity index (χ0v) is 32.3. The van der Waals surface area contributed by atoms with E-state index < -0.39 is 12.1 Å². The van der Waals surface area contributed by atoms with Crippen LogP contribution in [0.4, 0.5) is 11.4 Å². The predicted molar refractivity (Wildman–Crippen MR) is 215 cm³/mol. The highest BCUT2D eigenvalue weighted by Gasteiger charge is 2.36. The molecule has 3 aliphatic heterocycles. The highest BCUT2D eigenvalue weighted by Crippen LogP contribution is 2.44. The van der Waals surface area contributed by atoms with Crippen LogP contribution in [0, 0.1) is 11.8 Å². The summed E-state index contributed by atoms with van der Waals surface area (Å²) in [7, 11) is 1.96. The number of fused-ring (bicyclic) bond motifs is 1. The van der Waals surface area contributed by atoms with Crippen molar-refractivity contribution >= 4 is 35.0 Å². The molecule has 0 bridgehead atoms. The van der Waals surface area contributed by atoms with E-state index >= 15 is 0 Å². The summed E-state index contributed by atoms with van der Waals surface area (Å²) >= 11 is 0. The molecule has 0 saturated carbocycles. The van der Waals surface area contributed by atoms with Crippen LogP contribution in [0.3, 0.4) is 0 Å². The van der Waals surface area contributed by atoms with Crippen LogP contribution in [0.1, 0.15) is 94.9 Å². The molecule has 2 aromatic rings. The number of ether oxygens (including phenoxy) is 1. The first-order valence-corrected chi connectivity index (χ1v) is 20.2. The van der Waals surface area contributed by atoms with Crippen molar-refractivity contribution in [2.45, 2.75) is 102 Å². The van der Waals surface area contributed by atoms with Crippen LogP contribution in [0.5, 0.6) is 5.75 Å². The zero-order chi connectivity index (χ0) is 38.3. The number of nitrogens with one attached hydrogen (secondary N) is 2. The van der Waals surface area contributed by atoms with Crippen LogP contribution in [0.15, 0.2) is 90.6 Å². The predicted octanol–water partition coefficient (Wildman–Crippen LogP) is 7.36. The Morgan fingerprint density at radius 2 is 1.60 bits per heavy atom. The topological polar surface area (TPSA) is 111 Å². The normalized spacial score (nSPS) is 24.3. The third-order valence-corrected chi connectivity index (χ3v) is 12.0. The lowest BCUT2D eigenvalue weighted by Gasteiger charge is -2.27. The molecule has 0 aromatic heterocycles. The maximum absolute atomic E-state index is 13.5. The Hall–Kier alpha value is -5.12. The van der Waals surface area contributed by atoms with Gasteiger partial charge in [0.2, 0.25) is 23.6 Å². The second-order valence-corrected chi connectivity index (χ2v) is 15.7. The van der Waals surface area contributed by atoms with Crippen molar-refractivity contribution < 1.29 is 23.9 Å². The van der Waals surface area contributed by atoms with Gasteiger partial charge in [0.15, 0.2) is 6.23 Å². The Balaban J connectivity index is 0.890. The van der Waals surface area contributed by atoms with E-state index in [9.17, 15) is 19.2 Å². The molecule has 55 heavy (non-hydrogen) atoms. The Morgan fingerprint density at radius 1 is 0.855 bits per heavy atom. The standard InChI is InChI=1S/C45H55N5O5/c1-31-11-7-8-14-34(31)22-26-42(52)49-27-9-15-37(49)43(53)46-30-33-17-20-35(21-18-33)45-48(2)39-29-36(23-24-40(39)55-45)47-44(54)38-16-10-28-50(38)41(51)25-19-32-12-5-3-4-6-13-32/h3-5,8,12-14,17-18,20-21,23-24,29,31,34,37-38,45H,6-7,9-11,15-16,19,22,25-28,30H2,1-2H3,(H,46,53)(H,47,54)/t31?,34?,37-,38-,45?/m0/s1. The van der Waals surface area contributed by atoms with Gasteiger partial charge in [-0.25, -0.2) is 0 Å². The molecule has 5 aliphatic rings. The van der Waals surface area contributed by atoms with Crippen molar-refractivity contribution in [1.29, 1.82) is 0 Å². The van der Waals surface area contributed by atoms with Crippen molar-refractivity contribution in [3.8, 4) is 5.75 Å². The lowest BCUT2D eigenvalue weighted by molar-refractivity contribution is -0.138. The van der Waals surface area contributed by atoms with E-state index in [1.807, 2.05) is 66.6 Å². The Bertz CT molecular complexity index is 1860. The number of hydrogen-bond donors (Lipinski definition) is 2. The SMILES string of the molecule is CC1CCC=CC1CCC(=O)N1CCC[C@H]1C(=O)NCc1ccc(C2Oc3ccc(NC(=O)[C@@H]4CCCN4C(=O)CCC4=CCC=CC=C4)cc3N2C)cc1. The van der Waals surface area contributed by atoms with Gasteiger partial charge in [-0.1, -0.05) is 79.3 Å². The highest BCUT2D eigenvalue weighted by atomic mass is 16.5. The van der Waals surface area contributed by atoms with Gasteiger partial charge < -0.3 is 30.1 Å². The molecule has 4 amide bonds.